The normalized spacial score (nSPS) is 10.8. The van der Waals surface area contributed by atoms with Crippen LogP contribution in [-0.2, 0) is 6.61 Å². The molecule has 1 N–H and O–H groups in total. The van der Waals surface area contributed by atoms with Gasteiger partial charge in [-0.15, -0.1) is 0 Å². The highest BCUT2D eigenvalue weighted by atomic mass is 35.5. The van der Waals surface area contributed by atoms with E-state index in [2.05, 4.69) is 4.98 Å². The number of nitrogens with zero attached hydrogens (tertiary/aromatic N) is 1. The van der Waals surface area contributed by atoms with Crippen molar-refractivity contribution >= 4 is 11.6 Å². The predicted octanol–water partition coefficient (Wildman–Crippen LogP) is 2.16. The second-order valence-corrected chi connectivity index (χ2v) is 2.58. The summed E-state index contributed by atoms with van der Waals surface area (Å²) in [7, 11) is 0. The monoisotopic (exact) mass is 193 g/mol. The highest BCUT2D eigenvalue weighted by molar-refractivity contribution is 6.31. The van der Waals surface area contributed by atoms with E-state index >= 15 is 0 Å². The van der Waals surface area contributed by atoms with Crippen LogP contribution in [0.1, 0.15) is 17.7 Å². The van der Waals surface area contributed by atoms with E-state index in [1.54, 1.807) is 0 Å². The van der Waals surface area contributed by atoms with Crippen LogP contribution in [-0.4, -0.2) is 10.1 Å². The van der Waals surface area contributed by atoms with E-state index in [0.29, 0.717) is 5.56 Å². The van der Waals surface area contributed by atoms with E-state index in [-0.39, 0.29) is 11.6 Å². The third-order valence-electron chi connectivity index (χ3n) is 1.32. The van der Waals surface area contributed by atoms with Crippen LogP contribution in [0.2, 0.25) is 5.02 Å². The Kier molecular flexibility index (Phi) is 2.94. The molecule has 1 heterocycles. The van der Waals surface area contributed by atoms with Gasteiger partial charge in [0.1, 0.15) is 5.69 Å². The average Bonchev–Trinajstić information content (AvgIpc) is 2.03. The summed E-state index contributed by atoms with van der Waals surface area (Å²) >= 11 is 5.45. The number of hydrogen-bond donors (Lipinski definition) is 1. The molecule has 12 heavy (non-hydrogen) atoms. The Morgan fingerprint density at radius 2 is 2.25 bits per heavy atom. The maximum Gasteiger partial charge on any atom is 0.281 e. The Labute approximate surface area is 72.8 Å². The Balaban J connectivity index is 3.03. The van der Waals surface area contributed by atoms with Gasteiger partial charge in [0.15, 0.2) is 0 Å². The molecule has 0 saturated heterocycles. The molecule has 0 aliphatic heterocycles. The van der Waals surface area contributed by atoms with E-state index in [9.17, 15) is 8.78 Å². The fourth-order valence-electron chi connectivity index (χ4n) is 0.735. The van der Waals surface area contributed by atoms with Gasteiger partial charge in [0.2, 0.25) is 0 Å². The number of aromatic nitrogens is 1. The molecule has 0 bridgehead atoms. The first-order valence-electron chi connectivity index (χ1n) is 3.18. The Morgan fingerprint density at radius 1 is 1.58 bits per heavy atom. The fourth-order valence-corrected chi connectivity index (χ4v) is 1.01. The zero-order valence-electron chi connectivity index (χ0n) is 5.97. The zero-order chi connectivity index (χ0) is 9.14. The standard InChI is InChI=1S/C7H6ClF2NO/c8-5-1-4(3-12)2-11-6(5)7(9)10/h1-2,7,12H,3H2. The molecule has 0 fully saturated rings. The van der Waals surface area contributed by atoms with Gasteiger partial charge in [-0.3, -0.25) is 4.98 Å². The molecule has 1 rings (SSSR count). The van der Waals surface area contributed by atoms with Crippen molar-refractivity contribution in [2.24, 2.45) is 0 Å². The summed E-state index contributed by atoms with van der Waals surface area (Å²) in [6.45, 7) is -0.254. The highest BCUT2D eigenvalue weighted by Gasteiger charge is 2.13. The molecule has 0 aromatic carbocycles. The molecule has 0 unspecified atom stereocenters. The molecule has 0 atom stereocenters. The summed E-state index contributed by atoms with van der Waals surface area (Å²) in [5.41, 5.74) is -0.0294. The minimum atomic E-state index is -2.68. The zero-order valence-corrected chi connectivity index (χ0v) is 6.72. The second kappa shape index (κ2) is 3.78. The summed E-state index contributed by atoms with van der Waals surface area (Å²) in [6, 6.07) is 1.27. The Bertz CT molecular complexity index is 280. The van der Waals surface area contributed by atoms with Crippen LogP contribution in [0.25, 0.3) is 0 Å². The molecular weight excluding hydrogens is 188 g/mol. The van der Waals surface area contributed by atoms with Gasteiger partial charge in [-0.05, 0) is 11.6 Å². The lowest BCUT2D eigenvalue weighted by Gasteiger charge is -2.02. The van der Waals surface area contributed by atoms with Crippen molar-refractivity contribution in [1.29, 1.82) is 0 Å². The lowest BCUT2D eigenvalue weighted by atomic mass is 10.2. The number of alkyl halides is 2. The van der Waals surface area contributed by atoms with E-state index in [4.69, 9.17) is 16.7 Å². The lowest BCUT2D eigenvalue weighted by Crippen LogP contribution is -1.94. The van der Waals surface area contributed by atoms with Gasteiger partial charge < -0.3 is 5.11 Å². The summed E-state index contributed by atoms with van der Waals surface area (Å²) in [5.74, 6) is 0. The molecule has 0 saturated carbocycles. The van der Waals surface area contributed by atoms with E-state index in [0.717, 1.165) is 0 Å². The van der Waals surface area contributed by atoms with Crippen LogP contribution < -0.4 is 0 Å². The van der Waals surface area contributed by atoms with Crippen LogP contribution >= 0.6 is 11.6 Å². The maximum absolute atomic E-state index is 12.1. The van der Waals surface area contributed by atoms with Crippen molar-refractivity contribution < 1.29 is 13.9 Å². The average molecular weight is 194 g/mol. The van der Waals surface area contributed by atoms with E-state index < -0.39 is 12.1 Å². The first kappa shape index (κ1) is 9.35. The molecule has 1 aromatic heterocycles. The van der Waals surface area contributed by atoms with Crippen molar-refractivity contribution in [2.45, 2.75) is 13.0 Å². The third kappa shape index (κ3) is 1.89. The number of hydrogen-bond acceptors (Lipinski definition) is 2. The number of aliphatic hydroxyl groups is 1. The van der Waals surface area contributed by atoms with Gasteiger partial charge in [0, 0.05) is 6.20 Å². The van der Waals surface area contributed by atoms with Gasteiger partial charge >= 0.3 is 0 Å². The molecule has 5 heteroatoms. The fraction of sp³-hybridized carbons (Fsp3) is 0.286. The van der Waals surface area contributed by atoms with Crippen LogP contribution in [0.4, 0.5) is 8.78 Å². The van der Waals surface area contributed by atoms with Gasteiger partial charge in [0.05, 0.1) is 11.6 Å². The third-order valence-corrected chi connectivity index (χ3v) is 1.62. The molecule has 0 amide bonds. The number of rotatable bonds is 2. The summed E-state index contributed by atoms with van der Waals surface area (Å²) < 4.78 is 24.1. The quantitative estimate of drug-likeness (QED) is 0.781. The lowest BCUT2D eigenvalue weighted by molar-refractivity contribution is 0.146. The first-order valence-corrected chi connectivity index (χ1v) is 3.56. The van der Waals surface area contributed by atoms with Crippen LogP contribution in [0.3, 0.4) is 0 Å². The predicted molar refractivity (Wildman–Crippen MR) is 40.1 cm³/mol. The minimum absolute atomic E-state index is 0.114. The van der Waals surface area contributed by atoms with Crippen molar-refractivity contribution in [2.75, 3.05) is 0 Å². The summed E-state index contributed by atoms with van der Waals surface area (Å²) in [5, 5.41) is 8.49. The summed E-state index contributed by atoms with van der Waals surface area (Å²) in [6.07, 6.45) is -1.50. The van der Waals surface area contributed by atoms with Crippen LogP contribution in [0.15, 0.2) is 12.3 Å². The van der Waals surface area contributed by atoms with Gasteiger partial charge in [-0.25, -0.2) is 8.78 Å². The van der Waals surface area contributed by atoms with Crippen LogP contribution in [0.5, 0.6) is 0 Å². The van der Waals surface area contributed by atoms with Crippen molar-refractivity contribution in [3.05, 3.63) is 28.5 Å². The Morgan fingerprint density at radius 3 is 2.67 bits per heavy atom. The van der Waals surface area contributed by atoms with E-state index in [1.165, 1.54) is 12.3 Å². The largest absolute Gasteiger partial charge is 0.392 e. The summed E-state index contributed by atoms with van der Waals surface area (Å²) in [4.78, 5) is 3.41. The second-order valence-electron chi connectivity index (χ2n) is 2.17. The SMILES string of the molecule is OCc1cnc(C(F)F)c(Cl)c1. The molecule has 0 aliphatic rings. The van der Waals surface area contributed by atoms with Crippen molar-refractivity contribution in [3.63, 3.8) is 0 Å². The molecule has 0 aliphatic carbocycles. The molecule has 0 spiro atoms. The van der Waals surface area contributed by atoms with Gasteiger partial charge in [0.25, 0.3) is 6.43 Å². The maximum atomic E-state index is 12.1. The van der Waals surface area contributed by atoms with Crippen LogP contribution in [0, 0.1) is 0 Å². The number of aliphatic hydroxyl groups excluding tert-OH is 1. The number of halogens is 3. The minimum Gasteiger partial charge on any atom is -0.392 e. The van der Waals surface area contributed by atoms with Crippen molar-refractivity contribution in [1.82, 2.24) is 4.98 Å². The Hall–Kier alpha value is -0.740. The molecule has 1 aromatic rings. The van der Waals surface area contributed by atoms with Gasteiger partial charge in [-0.2, -0.15) is 0 Å². The first-order chi connectivity index (χ1) is 5.65. The molecule has 0 radical (unpaired) electrons. The van der Waals surface area contributed by atoms with Crippen molar-refractivity contribution in [3.8, 4) is 0 Å². The topological polar surface area (TPSA) is 33.1 Å². The number of pyridine rings is 1. The van der Waals surface area contributed by atoms with E-state index in [1.807, 2.05) is 0 Å². The molecule has 2 nitrogen and oxygen atoms in total. The highest BCUT2D eigenvalue weighted by Crippen LogP contribution is 2.24. The smallest absolute Gasteiger partial charge is 0.281 e. The molecular formula is C7H6ClF2NO. The molecule has 66 valence electrons. The van der Waals surface area contributed by atoms with Gasteiger partial charge in [-0.1, -0.05) is 11.6 Å².